The Morgan fingerprint density at radius 1 is 1.41 bits per heavy atom. The van der Waals surface area contributed by atoms with Gasteiger partial charge in [0.25, 0.3) is 0 Å². The average Bonchev–Trinajstić information content (AvgIpc) is 2.55. The molecule has 1 unspecified atom stereocenters. The molecule has 0 aromatic heterocycles. The maximum atomic E-state index is 12.1. The van der Waals surface area contributed by atoms with Crippen LogP contribution in [0.2, 0.25) is 0 Å². The first-order valence-corrected chi connectivity index (χ1v) is 6.11. The van der Waals surface area contributed by atoms with E-state index >= 15 is 0 Å². The van der Waals surface area contributed by atoms with Gasteiger partial charge in [0.05, 0.1) is 0 Å². The molecule has 2 N–H and O–H groups in total. The molecule has 1 aromatic rings. The molecule has 17 heavy (non-hydrogen) atoms. The van der Waals surface area contributed by atoms with Gasteiger partial charge in [0.15, 0.2) is 0 Å². The fourth-order valence-electron chi connectivity index (χ4n) is 2.03. The van der Waals surface area contributed by atoms with E-state index in [9.17, 15) is 4.79 Å². The monoisotopic (exact) mass is 233 g/mol. The Kier molecular flexibility index (Phi) is 3.98. The summed E-state index contributed by atoms with van der Waals surface area (Å²) < 4.78 is 0. The third kappa shape index (κ3) is 3.20. The van der Waals surface area contributed by atoms with Crippen LogP contribution in [0.4, 0.5) is 10.5 Å². The molecule has 92 valence electrons. The minimum atomic E-state index is -0.00704. The van der Waals surface area contributed by atoms with Gasteiger partial charge in [-0.05, 0) is 32.0 Å². The normalized spacial score (nSPS) is 20.8. The lowest BCUT2D eigenvalue weighted by Gasteiger charge is -2.27. The largest absolute Gasteiger partial charge is 0.322 e. The molecule has 2 rings (SSSR count). The minimum absolute atomic E-state index is 0.00704. The summed E-state index contributed by atoms with van der Waals surface area (Å²) in [5.41, 5.74) is 0.849. The van der Waals surface area contributed by atoms with E-state index in [2.05, 4.69) is 17.6 Å². The number of nitrogens with one attached hydrogen (secondary N) is 2. The first-order chi connectivity index (χ1) is 8.27. The summed E-state index contributed by atoms with van der Waals surface area (Å²) in [7, 11) is 0. The molecule has 0 bridgehead atoms. The number of carbonyl (C=O) groups is 1. The van der Waals surface area contributed by atoms with Crippen molar-refractivity contribution in [2.75, 3.05) is 25.0 Å². The van der Waals surface area contributed by atoms with Crippen LogP contribution >= 0.6 is 0 Å². The molecule has 1 saturated heterocycles. The zero-order valence-corrected chi connectivity index (χ0v) is 10.1. The summed E-state index contributed by atoms with van der Waals surface area (Å²) in [6.45, 7) is 4.73. The van der Waals surface area contributed by atoms with Crippen molar-refractivity contribution < 1.29 is 4.79 Å². The molecule has 0 spiro atoms. The lowest BCUT2D eigenvalue weighted by Crippen LogP contribution is -2.43. The van der Waals surface area contributed by atoms with Crippen molar-refractivity contribution in [3.05, 3.63) is 30.3 Å². The Labute approximate surface area is 102 Å². The summed E-state index contributed by atoms with van der Waals surface area (Å²) >= 11 is 0. The zero-order chi connectivity index (χ0) is 12.1. The second-order valence-electron chi connectivity index (χ2n) is 4.40. The number of benzene rings is 1. The number of hydrogen-bond acceptors (Lipinski definition) is 2. The van der Waals surface area contributed by atoms with E-state index in [-0.39, 0.29) is 12.1 Å². The van der Waals surface area contributed by atoms with Crippen LogP contribution in [-0.2, 0) is 0 Å². The number of rotatable bonds is 1. The molecule has 1 aliphatic heterocycles. The van der Waals surface area contributed by atoms with Gasteiger partial charge in [0.2, 0.25) is 0 Å². The van der Waals surface area contributed by atoms with Gasteiger partial charge >= 0.3 is 6.03 Å². The minimum Gasteiger partial charge on any atom is -0.321 e. The van der Waals surface area contributed by atoms with E-state index in [0.717, 1.165) is 31.7 Å². The summed E-state index contributed by atoms with van der Waals surface area (Å²) in [5.74, 6) is 0. The molecule has 2 amide bonds. The average molecular weight is 233 g/mol. The van der Waals surface area contributed by atoms with Crippen molar-refractivity contribution >= 4 is 11.7 Å². The van der Waals surface area contributed by atoms with Crippen LogP contribution in [0.3, 0.4) is 0 Å². The maximum Gasteiger partial charge on any atom is 0.322 e. The van der Waals surface area contributed by atoms with Crippen molar-refractivity contribution in [3.8, 4) is 0 Å². The first-order valence-electron chi connectivity index (χ1n) is 6.11. The highest BCUT2D eigenvalue weighted by Crippen LogP contribution is 2.10. The fraction of sp³-hybridized carbons (Fsp3) is 0.462. The zero-order valence-electron chi connectivity index (χ0n) is 10.1. The van der Waals surface area contributed by atoms with Gasteiger partial charge in [-0.3, -0.25) is 0 Å². The topological polar surface area (TPSA) is 44.4 Å². The summed E-state index contributed by atoms with van der Waals surface area (Å²) in [4.78, 5) is 14.0. The predicted octanol–water partition coefficient (Wildman–Crippen LogP) is 1.90. The Hall–Kier alpha value is -1.55. The van der Waals surface area contributed by atoms with Crippen molar-refractivity contribution in [3.63, 3.8) is 0 Å². The molecule has 1 atom stereocenters. The second-order valence-corrected chi connectivity index (χ2v) is 4.40. The SMILES string of the molecule is CC1CNCCCN1C(=O)Nc1ccccc1. The molecule has 4 nitrogen and oxygen atoms in total. The smallest absolute Gasteiger partial charge is 0.321 e. The highest BCUT2D eigenvalue weighted by atomic mass is 16.2. The van der Waals surface area contributed by atoms with Gasteiger partial charge in [0, 0.05) is 24.8 Å². The maximum absolute atomic E-state index is 12.1. The van der Waals surface area contributed by atoms with Gasteiger partial charge < -0.3 is 15.5 Å². The van der Waals surface area contributed by atoms with Gasteiger partial charge in [-0.25, -0.2) is 4.79 Å². The van der Waals surface area contributed by atoms with Crippen molar-refractivity contribution in [1.82, 2.24) is 10.2 Å². The Morgan fingerprint density at radius 3 is 2.94 bits per heavy atom. The van der Waals surface area contributed by atoms with E-state index < -0.39 is 0 Å². The number of amides is 2. The molecule has 1 aromatic carbocycles. The summed E-state index contributed by atoms with van der Waals surface area (Å²) in [6.07, 6.45) is 1.01. The molecule has 4 heteroatoms. The van der Waals surface area contributed by atoms with Crippen molar-refractivity contribution in [2.24, 2.45) is 0 Å². The van der Waals surface area contributed by atoms with Crippen molar-refractivity contribution in [1.29, 1.82) is 0 Å². The number of hydrogen-bond donors (Lipinski definition) is 2. The van der Waals surface area contributed by atoms with E-state index in [1.807, 2.05) is 35.2 Å². The van der Waals surface area contributed by atoms with Crippen molar-refractivity contribution in [2.45, 2.75) is 19.4 Å². The van der Waals surface area contributed by atoms with Gasteiger partial charge in [-0.2, -0.15) is 0 Å². The van der Waals surface area contributed by atoms with Crippen LogP contribution in [0.25, 0.3) is 0 Å². The molecular weight excluding hydrogens is 214 g/mol. The second kappa shape index (κ2) is 5.68. The molecule has 1 aliphatic rings. The summed E-state index contributed by atoms with van der Waals surface area (Å²) in [5, 5.41) is 6.25. The number of urea groups is 1. The van der Waals surface area contributed by atoms with Gasteiger partial charge in [-0.15, -0.1) is 0 Å². The number of nitrogens with zero attached hydrogens (tertiary/aromatic N) is 1. The number of anilines is 1. The van der Waals surface area contributed by atoms with Crippen LogP contribution < -0.4 is 10.6 Å². The van der Waals surface area contributed by atoms with Gasteiger partial charge in [-0.1, -0.05) is 18.2 Å². The quantitative estimate of drug-likeness (QED) is 0.778. The molecule has 0 radical (unpaired) electrons. The fourth-order valence-corrected chi connectivity index (χ4v) is 2.03. The van der Waals surface area contributed by atoms with Crippen LogP contribution in [0, 0.1) is 0 Å². The Morgan fingerprint density at radius 2 is 2.18 bits per heavy atom. The Bertz CT molecular complexity index is 366. The lowest BCUT2D eigenvalue weighted by atomic mass is 10.3. The van der Waals surface area contributed by atoms with E-state index in [0.29, 0.717) is 0 Å². The highest BCUT2D eigenvalue weighted by molar-refractivity contribution is 5.89. The lowest BCUT2D eigenvalue weighted by molar-refractivity contribution is 0.197. The predicted molar refractivity (Wildman–Crippen MR) is 69.1 cm³/mol. The van der Waals surface area contributed by atoms with Crippen LogP contribution in [0.15, 0.2) is 30.3 Å². The van der Waals surface area contributed by atoms with E-state index in [1.54, 1.807) is 0 Å². The molecule has 1 heterocycles. The third-order valence-electron chi connectivity index (χ3n) is 3.01. The highest BCUT2D eigenvalue weighted by Gasteiger charge is 2.21. The van der Waals surface area contributed by atoms with Crippen LogP contribution in [0.1, 0.15) is 13.3 Å². The third-order valence-corrected chi connectivity index (χ3v) is 3.01. The molecular formula is C13H19N3O. The number of carbonyl (C=O) groups excluding carboxylic acids is 1. The Balaban J connectivity index is 1.99. The van der Waals surface area contributed by atoms with E-state index in [4.69, 9.17) is 0 Å². The first kappa shape index (κ1) is 11.9. The molecule has 0 saturated carbocycles. The molecule has 0 aliphatic carbocycles. The number of para-hydroxylation sites is 1. The standard InChI is InChI=1S/C13H19N3O/c1-11-10-14-8-5-9-16(11)13(17)15-12-6-3-2-4-7-12/h2-4,6-7,11,14H,5,8-10H2,1H3,(H,15,17). The van der Waals surface area contributed by atoms with Crippen LogP contribution in [-0.4, -0.2) is 36.6 Å². The summed E-state index contributed by atoms with van der Waals surface area (Å²) in [6, 6.07) is 9.81. The van der Waals surface area contributed by atoms with Crippen LogP contribution in [0.5, 0.6) is 0 Å². The molecule has 1 fully saturated rings. The van der Waals surface area contributed by atoms with E-state index in [1.165, 1.54) is 0 Å². The van der Waals surface area contributed by atoms with Gasteiger partial charge in [0.1, 0.15) is 0 Å².